The van der Waals surface area contributed by atoms with Crippen LogP contribution in [0, 0.1) is 0 Å². The van der Waals surface area contributed by atoms with Gasteiger partial charge in [-0.2, -0.15) is 0 Å². The van der Waals surface area contributed by atoms with Crippen LogP contribution in [0.15, 0.2) is 85.3 Å². The van der Waals surface area contributed by atoms with E-state index in [1.54, 1.807) is 16.8 Å². The Balaban J connectivity index is 1.67. The van der Waals surface area contributed by atoms with Crippen LogP contribution in [0.1, 0.15) is 27.8 Å². The van der Waals surface area contributed by atoms with Gasteiger partial charge in [-0.15, -0.1) is 0 Å². The second-order valence-corrected chi connectivity index (χ2v) is 5.54. The highest BCUT2D eigenvalue weighted by Crippen LogP contribution is 2.25. The van der Waals surface area contributed by atoms with Gasteiger partial charge in [0.25, 0.3) is 0 Å². The summed E-state index contributed by atoms with van der Waals surface area (Å²) in [5.74, 6) is -0.483. The van der Waals surface area contributed by atoms with Gasteiger partial charge in [-0.3, -0.25) is 4.98 Å². The molecular weight excluding hydrogens is 314 g/mol. The van der Waals surface area contributed by atoms with Gasteiger partial charge in [0, 0.05) is 18.6 Å². The van der Waals surface area contributed by atoms with E-state index in [0.717, 1.165) is 5.56 Å². The Kier molecular flexibility index (Phi) is 3.96. The highest BCUT2D eigenvalue weighted by atomic mass is 16.5. The molecule has 3 aromatic heterocycles. The van der Waals surface area contributed by atoms with Crippen LogP contribution in [0.2, 0.25) is 0 Å². The molecule has 0 aliphatic heterocycles. The Morgan fingerprint density at radius 2 is 1.76 bits per heavy atom. The van der Waals surface area contributed by atoms with Crippen LogP contribution in [0.4, 0.5) is 0 Å². The second kappa shape index (κ2) is 6.57. The number of carbonyl (C=O) groups excluding carboxylic acids is 1. The number of hydrogen-bond acceptors (Lipinski definition) is 4. The standard InChI is InChI=1S/C20H15N3O2/c24-20(17-14-23-13-7-5-11-18(23)22-17)25-19(15-8-2-1-3-9-15)16-10-4-6-12-21-16/h1-14,19H/t19-/m1/s1. The third-order valence-corrected chi connectivity index (χ3v) is 3.86. The first-order valence-corrected chi connectivity index (χ1v) is 7.92. The Labute approximate surface area is 144 Å². The maximum atomic E-state index is 12.6. The number of hydrogen-bond donors (Lipinski definition) is 0. The molecule has 0 amide bonds. The molecule has 0 radical (unpaired) electrons. The van der Waals surface area contributed by atoms with E-state index >= 15 is 0 Å². The summed E-state index contributed by atoms with van der Waals surface area (Å²) in [6, 6.07) is 20.7. The molecule has 0 N–H and O–H groups in total. The summed E-state index contributed by atoms with van der Waals surface area (Å²) in [7, 11) is 0. The first-order valence-electron chi connectivity index (χ1n) is 7.92. The van der Waals surface area contributed by atoms with Crippen LogP contribution in [0.25, 0.3) is 5.65 Å². The van der Waals surface area contributed by atoms with Gasteiger partial charge in [-0.1, -0.05) is 42.5 Å². The van der Waals surface area contributed by atoms with E-state index in [0.29, 0.717) is 11.3 Å². The average molecular weight is 329 g/mol. The van der Waals surface area contributed by atoms with Crippen molar-refractivity contribution in [2.45, 2.75) is 6.10 Å². The molecule has 5 nitrogen and oxygen atoms in total. The fourth-order valence-electron chi connectivity index (χ4n) is 2.66. The zero-order valence-corrected chi connectivity index (χ0v) is 13.3. The number of pyridine rings is 2. The smallest absolute Gasteiger partial charge is 0.359 e. The number of rotatable bonds is 4. The van der Waals surface area contributed by atoms with Crippen molar-refractivity contribution in [3.8, 4) is 0 Å². The fourth-order valence-corrected chi connectivity index (χ4v) is 2.66. The molecule has 0 saturated carbocycles. The van der Waals surface area contributed by atoms with Gasteiger partial charge in [0.05, 0.1) is 5.69 Å². The lowest BCUT2D eigenvalue weighted by Gasteiger charge is -2.17. The van der Waals surface area contributed by atoms with Crippen LogP contribution >= 0.6 is 0 Å². The Hall–Kier alpha value is -3.47. The van der Waals surface area contributed by atoms with Crippen molar-refractivity contribution in [1.82, 2.24) is 14.4 Å². The van der Waals surface area contributed by atoms with E-state index < -0.39 is 12.1 Å². The number of aromatic nitrogens is 3. The normalized spacial score (nSPS) is 12.0. The lowest BCUT2D eigenvalue weighted by molar-refractivity contribution is 0.0364. The van der Waals surface area contributed by atoms with Crippen LogP contribution in [-0.4, -0.2) is 20.3 Å². The Bertz CT molecular complexity index is 925. The van der Waals surface area contributed by atoms with Crippen molar-refractivity contribution in [3.63, 3.8) is 0 Å². The molecule has 1 atom stereocenters. The molecule has 0 aliphatic rings. The van der Waals surface area contributed by atoms with Gasteiger partial charge in [0.15, 0.2) is 11.8 Å². The zero-order chi connectivity index (χ0) is 17.1. The lowest BCUT2D eigenvalue weighted by atomic mass is 10.1. The second-order valence-electron chi connectivity index (χ2n) is 5.54. The molecule has 4 aromatic rings. The minimum atomic E-state index is -0.584. The highest BCUT2D eigenvalue weighted by Gasteiger charge is 2.22. The van der Waals surface area contributed by atoms with E-state index in [1.165, 1.54) is 0 Å². The third kappa shape index (κ3) is 3.12. The molecular formula is C20H15N3O2. The number of carbonyl (C=O) groups is 1. The summed E-state index contributed by atoms with van der Waals surface area (Å²) < 4.78 is 7.55. The summed E-state index contributed by atoms with van der Waals surface area (Å²) in [5.41, 5.74) is 2.50. The molecule has 0 unspecified atom stereocenters. The van der Waals surface area contributed by atoms with Crippen LogP contribution in [-0.2, 0) is 4.74 Å². The lowest BCUT2D eigenvalue weighted by Crippen LogP contribution is -2.14. The highest BCUT2D eigenvalue weighted by molar-refractivity contribution is 5.88. The zero-order valence-electron chi connectivity index (χ0n) is 13.3. The molecule has 25 heavy (non-hydrogen) atoms. The van der Waals surface area contributed by atoms with E-state index in [9.17, 15) is 4.79 Å². The number of nitrogens with zero attached hydrogens (tertiary/aromatic N) is 3. The molecule has 0 fully saturated rings. The maximum absolute atomic E-state index is 12.6. The van der Waals surface area contributed by atoms with E-state index in [1.807, 2.05) is 72.9 Å². The molecule has 5 heteroatoms. The van der Waals surface area contributed by atoms with Crippen molar-refractivity contribution in [2.24, 2.45) is 0 Å². The minimum absolute atomic E-state index is 0.267. The third-order valence-electron chi connectivity index (χ3n) is 3.86. The minimum Gasteiger partial charge on any atom is -0.446 e. The summed E-state index contributed by atoms with van der Waals surface area (Å²) in [5, 5.41) is 0. The van der Waals surface area contributed by atoms with E-state index in [2.05, 4.69) is 9.97 Å². The molecule has 0 saturated heterocycles. The van der Waals surface area contributed by atoms with Gasteiger partial charge in [0.1, 0.15) is 5.65 Å². The molecule has 0 spiro atoms. The topological polar surface area (TPSA) is 56.5 Å². The van der Waals surface area contributed by atoms with Crippen LogP contribution in [0.3, 0.4) is 0 Å². The van der Waals surface area contributed by atoms with Crippen molar-refractivity contribution in [1.29, 1.82) is 0 Å². The first kappa shape index (κ1) is 15.1. The predicted octanol–water partition coefficient (Wildman–Crippen LogP) is 3.68. The Morgan fingerprint density at radius 1 is 0.960 bits per heavy atom. The maximum Gasteiger partial charge on any atom is 0.359 e. The van der Waals surface area contributed by atoms with Gasteiger partial charge in [-0.05, 0) is 29.8 Å². The number of benzene rings is 1. The first-order chi connectivity index (χ1) is 12.3. The molecule has 3 heterocycles. The molecule has 4 rings (SSSR count). The number of ether oxygens (including phenoxy) is 1. The summed E-state index contributed by atoms with van der Waals surface area (Å²) in [6.07, 6.45) is 4.61. The molecule has 1 aromatic carbocycles. The summed E-state index contributed by atoms with van der Waals surface area (Å²) >= 11 is 0. The van der Waals surface area contributed by atoms with Crippen LogP contribution < -0.4 is 0 Å². The van der Waals surface area contributed by atoms with E-state index in [4.69, 9.17) is 4.74 Å². The average Bonchev–Trinajstić information content (AvgIpc) is 3.12. The largest absolute Gasteiger partial charge is 0.446 e. The molecule has 122 valence electrons. The van der Waals surface area contributed by atoms with Gasteiger partial charge >= 0.3 is 5.97 Å². The van der Waals surface area contributed by atoms with E-state index in [-0.39, 0.29) is 5.69 Å². The quantitative estimate of drug-likeness (QED) is 0.536. The SMILES string of the molecule is O=C(O[C@H](c1ccccc1)c1ccccn1)c1cn2ccccc2n1. The monoisotopic (exact) mass is 329 g/mol. The van der Waals surface area contributed by atoms with Crippen molar-refractivity contribution in [2.75, 3.05) is 0 Å². The number of esters is 1. The Morgan fingerprint density at radius 3 is 2.52 bits per heavy atom. The number of fused-ring (bicyclic) bond motifs is 1. The summed E-state index contributed by atoms with van der Waals surface area (Å²) in [6.45, 7) is 0. The van der Waals surface area contributed by atoms with Gasteiger partial charge in [0.2, 0.25) is 0 Å². The van der Waals surface area contributed by atoms with Crippen molar-refractivity contribution >= 4 is 11.6 Å². The van der Waals surface area contributed by atoms with Gasteiger partial charge in [-0.25, -0.2) is 9.78 Å². The fraction of sp³-hybridized carbons (Fsp3) is 0.0500. The predicted molar refractivity (Wildman–Crippen MR) is 93.1 cm³/mol. The van der Waals surface area contributed by atoms with Gasteiger partial charge < -0.3 is 9.14 Å². The van der Waals surface area contributed by atoms with Crippen molar-refractivity contribution < 1.29 is 9.53 Å². The van der Waals surface area contributed by atoms with Crippen LogP contribution in [0.5, 0.6) is 0 Å². The molecule has 0 bridgehead atoms. The summed E-state index contributed by atoms with van der Waals surface area (Å²) in [4.78, 5) is 21.3. The molecule has 0 aliphatic carbocycles. The van der Waals surface area contributed by atoms with Crippen molar-refractivity contribution in [3.05, 3.63) is 102 Å². The number of imidazole rings is 1.